The van der Waals surface area contributed by atoms with Crippen LogP contribution in [0.25, 0.3) is 22.3 Å². The van der Waals surface area contributed by atoms with Gasteiger partial charge in [0.05, 0.1) is 29.6 Å². The van der Waals surface area contributed by atoms with Crippen molar-refractivity contribution in [3.8, 4) is 33.8 Å². The van der Waals surface area contributed by atoms with Gasteiger partial charge in [0.15, 0.2) is 0 Å². The topological polar surface area (TPSA) is 162 Å². The molecule has 11 nitrogen and oxygen atoms in total. The lowest BCUT2D eigenvalue weighted by molar-refractivity contribution is -0.125. The second-order valence-electron chi connectivity index (χ2n) is 27.2. The van der Waals surface area contributed by atoms with Gasteiger partial charge in [0.2, 0.25) is 10.0 Å². The minimum Gasteiger partial charge on any atom is -0.490 e. The Kier molecular flexibility index (Phi) is 28.6. The number of ether oxygens (including phenoxy) is 2. The SMILES string of the molecule is C=S(C)(=O)NC(=O)c1cccc(OC2CC[C@@H](CC(=O)[C@H](C)CC3(CC)CCCC3)C2)c1-c1cccc(F)c1C1CCC1.CC.CC.CC.CCC1(CC(C)C(=O)C[C@@H]2CC[C@@H](Oc3cccc(C(=O)NS(C)(=O)=O)c3-c3cccc(F)c3C3CCC3)C2)CCCC1. The van der Waals surface area contributed by atoms with E-state index in [0.717, 1.165) is 109 Å². The molecule has 6 aliphatic carbocycles. The van der Waals surface area contributed by atoms with Gasteiger partial charge in [-0.1, -0.05) is 157 Å². The third-order valence-corrected chi connectivity index (χ3v) is 21.9. The summed E-state index contributed by atoms with van der Waals surface area (Å²) in [7, 11) is -6.64. The Bertz CT molecular complexity index is 3110. The molecular formula is C77H112F2N2O9S2. The third kappa shape index (κ3) is 19.8. The van der Waals surface area contributed by atoms with Crippen LogP contribution in [0.15, 0.2) is 72.8 Å². The Balaban J connectivity index is 0.000000270. The maximum absolute atomic E-state index is 15.3. The fraction of sp³-hybridized carbons (Fsp3) is 0.623. The molecule has 0 spiro atoms. The molecule has 0 radical (unpaired) electrons. The molecule has 7 atom stereocenters. The predicted octanol–water partition coefficient (Wildman–Crippen LogP) is 19.3. The largest absolute Gasteiger partial charge is 0.490 e. The van der Waals surface area contributed by atoms with Crippen molar-refractivity contribution >= 4 is 49.0 Å². The molecule has 0 saturated heterocycles. The number of benzene rings is 4. The number of carbonyl (C=O) groups excluding carboxylic acids is 4. The van der Waals surface area contributed by atoms with Crippen molar-refractivity contribution in [3.05, 3.63) is 107 Å². The predicted molar refractivity (Wildman–Crippen MR) is 375 cm³/mol. The average Bonchev–Trinajstić information content (AvgIpc) is 0.935. The summed E-state index contributed by atoms with van der Waals surface area (Å²) in [5.41, 5.74) is 4.41. The molecule has 0 aromatic heterocycles. The van der Waals surface area contributed by atoms with E-state index in [1.165, 1.54) is 69.8 Å². The van der Waals surface area contributed by atoms with Crippen molar-refractivity contribution in [2.24, 2.45) is 34.5 Å². The normalized spacial score (nSPS) is 21.8. The van der Waals surface area contributed by atoms with Crippen LogP contribution in [0.3, 0.4) is 0 Å². The quantitative estimate of drug-likeness (QED) is 0.0650. The lowest BCUT2D eigenvalue weighted by atomic mass is 9.74. The Morgan fingerprint density at radius 2 is 0.891 bits per heavy atom. The van der Waals surface area contributed by atoms with E-state index in [-0.39, 0.29) is 70.5 Å². The van der Waals surface area contributed by atoms with Crippen molar-refractivity contribution in [2.45, 2.75) is 260 Å². The average molecular weight is 1310 g/mol. The fourth-order valence-electron chi connectivity index (χ4n) is 15.6. The van der Waals surface area contributed by atoms with E-state index < -0.39 is 31.5 Å². The number of hydrogen-bond donors (Lipinski definition) is 2. The van der Waals surface area contributed by atoms with E-state index in [4.69, 9.17) is 9.47 Å². The number of ketones is 2. The minimum absolute atomic E-state index is 0.0371. The molecule has 6 fully saturated rings. The van der Waals surface area contributed by atoms with Crippen LogP contribution in [0.2, 0.25) is 0 Å². The number of carbonyl (C=O) groups is 4. The van der Waals surface area contributed by atoms with E-state index in [1.807, 2.05) is 53.7 Å². The highest BCUT2D eigenvalue weighted by Gasteiger charge is 2.40. The standard InChI is InChI=1S/C36H48FNO4S.C35H46FNO5S.3C2H6/c1-5-36(19-6-7-20-36)23-24(2)31(39)22-25-17-18-27(21-25)42-32-16-10-14-29(35(40)38-43(3,4)41)34(32)28-13-9-15-30(37)33(28)26-11-8-12-26;1-4-35(18-5-6-19-35)22-23(2)30(38)21-24-16-17-26(20-24)42-31-15-9-13-28(34(39)37-43(3,40)41)33(31)27-12-8-14-29(36)32(27)25-10-7-11-25;3*1-2/h9-10,13-16,24-27H,3,5-8,11-12,17-23H2,1-2,4H3,(H,38,40,41);8-9,12-15,23-26H,4-7,10-11,16-22H2,1-3H3,(H,37,39);3*1-2H3/t24-,25-,27?,43?;23?,24-,26-;;;/m11.../s1. The van der Waals surface area contributed by atoms with Crippen LogP contribution in [0.1, 0.15) is 280 Å². The van der Waals surface area contributed by atoms with Crippen LogP contribution in [0.4, 0.5) is 8.78 Å². The molecule has 3 unspecified atom stereocenters. The number of sulfonamides is 1. The van der Waals surface area contributed by atoms with E-state index in [0.29, 0.717) is 80.1 Å². The van der Waals surface area contributed by atoms with Gasteiger partial charge >= 0.3 is 0 Å². The molecular weight excluding hydrogens is 1200 g/mol. The zero-order valence-electron chi connectivity index (χ0n) is 57.9. The number of rotatable bonds is 24. The number of halogens is 2. The molecule has 2 amide bonds. The highest BCUT2D eigenvalue weighted by Crippen LogP contribution is 2.51. The summed E-state index contributed by atoms with van der Waals surface area (Å²) < 4.78 is 84.7. The molecule has 2 N–H and O–H groups in total. The van der Waals surface area contributed by atoms with E-state index in [9.17, 15) is 31.8 Å². The lowest BCUT2D eigenvalue weighted by Crippen LogP contribution is -2.30. The molecule has 10 rings (SSSR count). The van der Waals surface area contributed by atoms with Gasteiger partial charge in [0, 0.05) is 51.8 Å². The highest BCUT2D eigenvalue weighted by atomic mass is 32.2. The first-order chi connectivity index (χ1) is 44.0. The van der Waals surface area contributed by atoms with Gasteiger partial charge in [-0.15, -0.1) is 0 Å². The molecule has 6 aliphatic rings. The van der Waals surface area contributed by atoms with Gasteiger partial charge < -0.3 is 9.47 Å². The highest BCUT2D eigenvalue weighted by molar-refractivity contribution is 7.98. The van der Waals surface area contributed by atoms with Crippen LogP contribution in [0, 0.1) is 46.1 Å². The zero-order valence-corrected chi connectivity index (χ0v) is 59.5. The third-order valence-electron chi connectivity index (χ3n) is 20.8. The van der Waals surface area contributed by atoms with Gasteiger partial charge in [-0.25, -0.2) is 26.1 Å². The summed E-state index contributed by atoms with van der Waals surface area (Å²) in [5, 5.41) is 0. The van der Waals surface area contributed by atoms with E-state index >= 15 is 8.78 Å². The first kappa shape index (κ1) is 75.6. The van der Waals surface area contributed by atoms with Crippen molar-refractivity contribution in [1.29, 1.82) is 0 Å². The van der Waals surface area contributed by atoms with Gasteiger partial charge in [0.1, 0.15) is 34.7 Å². The van der Waals surface area contributed by atoms with Crippen LogP contribution < -0.4 is 18.9 Å². The maximum atomic E-state index is 15.3. The molecule has 92 heavy (non-hydrogen) atoms. The maximum Gasteiger partial charge on any atom is 0.265 e. The van der Waals surface area contributed by atoms with Crippen LogP contribution in [0.5, 0.6) is 11.5 Å². The molecule has 0 aliphatic heterocycles. The molecule has 0 heterocycles. The summed E-state index contributed by atoms with van der Waals surface area (Å²) >= 11 is 0. The first-order valence-corrected chi connectivity index (χ1v) is 39.4. The molecule has 6 saturated carbocycles. The monoisotopic (exact) mass is 1310 g/mol. The Labute approximate surface area is 553 Å². The second-order valence-corrected chi connectivity index (χ2v) is 31.1. The Morgan fingerprint density at radius 3 is 1.22 bits per heavy atom. The molecule has 0 bridgehead atoms. The molecule has 510 valence electrons. The Morgan fingerprint density at radius 1 is 0.533 bits per heavy atom. The summed E-state index contributed by atoms with van der Waals surface area (Å²) in [6.07, 6.45) is 28.0. The van der Waals surface area contributed by atoms with Crippen molar-refractivity contribution in [3.63, 3.8) is 0 Å². The van der Waals surface area contributed by atoms with Crippen LogP contribution in [-0.2, 0) is 29.3 Å². The van der Waals surface area contributed by atoms with E-state index in [1.54, 1.807) is 48.5 Å². The number of hydrogen-bond acceptors (Lipinski definition) is 9. The fourth-order valence-corrected chi connectivity index (χ4v) is 16.5. The number of Topliss-reactive ketones (excluding diaryl/α,β-unsaturated/α-hetero) is 2. The molecule has 4 aromatic carbocycles. The van der Waals surface area contributed by atoms with Gasteiger partial charge in [-0.2, -0.15) is 0 Å². The number of amides is 2. The van der Waals surface area contributed by atoms with Gasteiger partial charge in [-0.3, -0.25) is 23.9 Å². The van der Waals surface area contributed by atoms with Gasteiger partial charge in [-0.05, 0) is 202 Å². The smallest absolute Gasteiger partial charge is 0.265 e. The van der Waals surface area contributed by atoms with E-state index in [2.05, 4.69) is 43.0 Å². The molecule has 4 aromatic rings. The summed E-state index contributed by atoms with van der Waals surface area (Å²) in [6.45, 7) is 20.7. The second kappa shape index (κ2) is 34.8. The first-order valence-electron chi connectivity index (χ1n) is 35.4. The Hall–Kier alpha value is -5.41. The zero-order chi connectivity index (χ0) is 67.6. The summed E-state index contributed by atoms with van der Waals surface area (Å²) in [6, 6.07) is 20.1. The summed E-state index contributed by atoms with van der Waals surface area (Å²) in [5.74, 6) is 4.11. The van der Waals surface area contributed by atoms with Gasteiger partial charge in [0.25, 0.3) is 11.8 Å². The lowest BCUT2D eigenvalue weighted by Gasteiger charge is -2.30. The minimum atomic E-state index is -3.82. The summed E-state index contributed by atoms with van der Waals surface area (Å²) in [4.78, 5) is 53.2. The van der Waals surface area contributed by atoms with Crippen molar-refractivity contribution in [1.82, 2.24) is 9.44 Å². The van der Waals surface area contributed by atoms with Crippen molar-refractivity contribution in [2.75, 3.05) is 12.5 Å². The van der Waals surface area contributed by atoms with Crippen LogP contribution in [-0.4, -0.2) is 66.6 Å². The van der Waals surface area contributed by atoms with Crippen LogP contribution >= 0.6 is 0 Å². The number of nitrogens with one attached hydrogen (secondary N) is 2. The van der Waals surface area contributed by atoms with Crippen molar-refractivity contribution < 1.29 is 50.1 Å². The molecule has 15 heteroatoms.